The van der Waals surface area contributed by atoms with E-state index in [4.69, 9.17) is 0 Å². The van der Waals surface area contributed by atoms with Gasteiger partial charge in [-0.1, -0.05) is 12.1 Å². The van der Waals surface area contributed by atoms with Gasteiger partial charge in [0.25, 0.3) is 6.43 Å². The van der Waals surface area contributed by atoms with Crippen molar-refractivity contribution in [2.45, 2.75) is 30.9 Å². The van der Waals surface area contributed by atoms with E-state index in [0.29, 0.717) is 30.5 Å². The first kappa shape index (κ1) is 30.8. The van der Waals surface area contributed by atoms with Gasteiger partial charge >= 0.3 is 12.5 Å². The molecule has 0 bridgehead atoms. The third-order valence-electron chi connectivity index (χ3n) is 5.67. The van der Waals surface area contributed by atoms with Crippen molar-refractivity contribution in [3.63, 3.8) is 0 Å². The lowest BCUT2D eigenvalue weighted by molar-refractivity contribution is -0.274. The van der Waals surface area contributed by atoms with Gasteiger partial charge in [-0.2, -0.15) is 13.2 Å². The number of hydrogen-bond donors (Lipinski definition) is 2. The average molecular weight is 601 g/mol. The molecule has 0 aliphatic carbocycles. The number of aromatic nitrogens is 1. The van der Waals surface area contributed by atoms with Crippen LogP contribution in [0.25, 0.3) is 5.57 Å². The molecule has 218 valence electrons. The summed E-state index contributed by atoms with van der Waals surface area (Å²) in [6.45, 7) is -0.750. The maximum absolute atomic E-state index is 14.6. The maximum Gasteiger partial charge on any atom is 0.573 e. The number of carbonyl (C=O) groups is 2. The largest absolute Gasteiger partial charge is 0.573 e. The Morgan fingerprint density at radius 1 is 1.10 bits per heavy atom. The summed E-state index contributed by atoms with van der Waals surface area (Å²) in [5, 5.41) is 3.92. The molecule has 2 amide bonds. The van der Waals surface area contributed by atoms with E-state index in [1.165, 1.54) is 0 Å². The van der Waals surface area contributed by atoms with Gasteiger partial charge in [-0.05, 0) is 35.4 Å². The van der Waals surface area contributed by atoms with Crippen molar-refractivity contribution in [2.75, 3.05) is 18.6 Å². The minimum atomic E-state index is -5.26. The number of pyridine rings is 1. The van der Waals surface area contributed by atoms with Crippen LogP contribution in [0.3, 0.4) is 0 Å². The Labute approximate surface area is 221 Å². The fourth-order valence-electron chi connectivity index (χ4n) is 3.89. The maximum atomic E-state index is 14.6. The predicted molar refractivity (Wildman–Crippen MR) is 122 cm³/mol. The molecule has 1 aliphatic heterocycles. The number of nitrogens with zero attached hydrogens (tertiary/aromatic N) is 1. The highest BCUT2D eigenvalue weighted by Crippen LogP contribution is 2.48. The van der Waals surface area contributed by atoms with E-state index in [9.17, 15) is 53.1 Å². The third-order valence-corrected chi connectivity index (χ3v) is 6.46. The number of sulfone groups is 1. The molecule has 0 saturated heterocycles. The van der Waals surface area contributed by atoms with E-state index in [1.807, 2.05) is 0 Å². The minimum absolute atomic E-state index is 0.336. The molecule has 0 spiro atoms. The van der Waals surface area contributed by atoms with Gasteiger partial charge in [0.1, 0.15) is 11.5 Å². The molecule has 1 aromatic heterocycles. The summed E-state index contributed by atoms with van der Waals surface area (Å²) in [6, 6.07) is 4.36. The normalized spacial score (nSPS) is 18.5. The molecular formula is C23H19F8N3O5S. The van der Waals surface area contributed by atoms with Crippen LogP contribution in [0.4, 0.5) is 35.1 Å². The molecule has 1 aromatic carbocycles. The Bertz CT molecular complexity index is 1410. The standard InChI is InChI=1S/C23H19F8N3O5S/c1-40(37,38)11-18(35)33-10-16-15(17-7-2-12(9-32-17)19(24)25)8-21(22(26,27)28,34-20(16)36)13-3-5-14(6-4-13)39-23(29,30)31/h2-7,9,19H,8,10-11H2,1H3,(H,33,35)(H,34,36)/t21-/m0/s1. The lowest BCUT2D eigenvalue weighted by Crippen LogP contribution is -2.59. The highest BCUT2D eigenvalue weighted by molar-refractivity contribution is 7.91. The first-order chi connectivity index (χ1) is 18.3. The number of rotatable bonds is 8. The summed E-state index contributed by atoms with van der Waals surface area (Å²) in [5.74, 6) is -4.27. The molecule has 0 saturated carbocycles. The Morgan fingerprint density at radius 2 is 1.73 bits per heavy atom. The number of halogens is 8. The Morgan fingerprint density at radius 3 is 2.20 bits per heavy atom. The average Bonchev–Trinajstić information content (AvgIpc) is 2.80. The number of alkyl halides is 8. The first-order valence-corrected chi connectivity index (χ1v) is 13.0. The summed E-state index contributed by atoms with van der Waals surface area (Å²) >= 11 is 0. The van der Waals surface area contributed by atoms with E-state index in [2.05, 4.69) is 15.0 Å². The van der Waals surface area contributed by atoms with Crippen LogP contribution in [0, 0.1) is 0 Å². The smallest absolute Gasteiger partial charge is 0.406 e. The molecule has 40 heavy (non-hydrogen) atoms. The highest BCUT2D eigenvalue weighted by atomic mass is 32.2. The van der Waals surface area contributed by atoms with Gasteiger partial charge < -0.3 is 15.4 Å². The van der Waals surface area contributed by atoms with Crippen molar-refractivity contribution in [1.29, 1.82) is 0 Å². The molecule has 8 nitrogen and oxygen atoms in total. The fourth-order valence-corrected chi connectivity index (χ4v) is 4.47. The summed E-state index contributed by atoms with van der Waals surface area (Å²) in [6.07, 6.45) is -13.0. The molecule has 17 heteroatoms. The molecule has 0 unspecified atom stereocenters. The third kappa shape index (κ3) is 7.25. The molecule has 2 aromatic rings. The van der Waals surface area contributed by atoms with Crippen LogP contribution in [-0.2, 0) is 25.0 Å². The van der Waals surface area contributed by atoms with Gasteiger partial charge in [0, 0.05) is 36.6 Å². The van der Waals surface area contributed by atoms with Gasteiger partial charge in [-0.25, -0.2) is 17.2 Å². The van der Waals surface area contributed by atoms with Crippen LogP contribution < -0.4 is 15.4 Å². The summed E-state index contributed by atoms with van der Waals surface area (Å²) in [7, 11) is -3.80. The summed E-state index contributed by atoms with van der Waals surface area (Å²) in [4.78, 5) is 28.8. The minimum Gasteiger partial charge on any atom is -0.406 e. The number of ether oxygens (including phenoxy) is 1. The summed E-state index contributed by atoms with van der Waals surface area (Å²) < 4.78 is 134. The monoisotopic (exact) mass is 601 g/mol. The van der Waals surface area contributed by atoms with Crippen molar-refractivity contribution in [2.24, 2.45) is 0 Å². The Hall–Kier alpha value is -3.76. The van der Waals surface area contributed by atoms with E-state index >= 15 is 0 Å². The molecule has 0 radical (unpaired) electrons. The number of hydrogen-bond acceptors (Lipinski definition) is 6. The van der Waals surface area contributed by atoms with Gasteiger partial charge in [-0.15, -0.1) is 13.2 Å². The van der Waals surface area contributed by atoms with Crippen molar-refractivity contribution in [3.05, 3.63) is 65.0 Å². The Balaban J connectivity index is 2.12. The highest BCUT2D eigenvalue weighted by Gasteiger charge is 2.59. The second-order valence-corrected chi connectivity index (χ2v) is 10.8. The van der Waals surface area contributed by atoms with Gasteiger partial charge in [0.15, 0.2) is 15.4 Å². The predicted octanol–water partition coefficient (Wildman–Crippen LogP) is 3.81. The van der Waals surface area contributed by atoms with Crippen LogP contribution >= 0.6 is 0 Å². The lowest BCUT2D eigenvalue weighted by Gasteiger charge is -2.41. The van der Waals surface area contributed by atoms with Crippen molar-refractivity contribution < 1.29 is 57.9 Å². The van der Waals surface area contributed by atoms with Crippen molar-refractivity contribution in [3.8, 4) is 5.75 Å². The van der Waals surface area contributed by atoms with E-state index < -0.39 is 92.9 Å². The van der Waals surface area contributed by atoms with E-state index in [0.717, 1.165) is 18.4 Å². The van der Waals surface area contributed by atoms with Crippen LogP contribution in [0.15, 0.2) is 48.2 Å². The molecule has 0 fully saturated rings. The van der Waals surface area contributed by atoms with Crippen molar-refractivity contribution in [1.82, 2.24) is 15.6 Å². The number of amides is 2. The van der Waals surface area contributed by atoms with E-state index in [1.54, 1.807) is 5.32 Å². The number of benzene rings is 1. The first-order valence-electron chi connectivity index (χ1n) is 11.0. The van der Waals surface area contributed by atoms with Gasteiger partial charge in [-0.3, -0.25) is 14.6 Å². The van der Waals surface area contributed by atoms with Crippen molar-refractivity contribution >= 4 is 27.2 Å². The quantitative estimate of drug-likeness (QED) is 0.445. The zero-order valence-corrected chi connectivity index (χ0v) is 21.0. The van der Waals surface area contributed by atoms with E-state index in [-0.39, 0.29) is 5.69 Å². The van der Waals surface area contributed by atoms with Gasteiger partial charge in [0.2, 0.25) is 11.8 Å². The molecule has 1 atom stereocenters. The van der Waals surface area contributed by atoms with Crippen LogP contribution in [0.5, 0.6) is 5.75 Å². The Kier molecular flexibility index (Phi) is 8.48. The SMILES string of the molecule is CS(=O)(=O)CC(=O)NCC1=C(c2ccc(C(F)F)cn2)C[C@](c2ccc(OC(F)(F)F)cc2)(C(F)(F)F)NC1=O. The topological polar surface area (TPSA) is 114 Å². The zero-order chi connectivity index (χ0) is 30.1. The van der Waals surface area contributed by atoms with Crippen LogP contribution in [-0.4, -0.2) is 56.3 Å². The summed E-state index contributed by atoms with van der Waals surface area (Å²) in [5.41, 5.74) is -5.73. The van der Waals surface area contributed by atoms with Crippen LogP contribution in [0.1, 0.15) is 29.7 Å². The molecular weight excluding hydrogens is 582 g/mol. The number of carbonyl (C=O) groups excluding carboxylic acids is 2. The molecule has 1 aliphatic rings. The zero-order valence-electron chi connectivity index (χ0n) is 20.2. The fraction of sp³-hybridized carbons (Fsp3) is 0.348. The second kappa shape index (κ2) is 11.0. The lowest BCUT2D eigenvalue weighted by atomic mass is 9.77. The molecule has 2 N–H and O–H groups in total. The molecule has 3 rings (SSSR count). The van der Waals surface area contributed by atoms with Gasteiger partial charge in [0.05, 0.1) is 5.69 Å². The second-order valence-electron chi connectivity index (χ2n) is 8.69. The van der Waals surface area contributed by atoms with Crippen LogP contribution in [0.2, 0.25) is 0 Å². The number of nitrogens with one attached hydrogen (secondary N) is 2. The molecule has 2 heterocycles.